The second-order valence-corrected chi connectivity index (χ2v) is 10.1. The number of aromatic nitrogens is 1. The molecule has 1 atom stereocenters. The molecule has 2 heterocycles. The number of aryl methyl sites for hydroxylation is 2. The number of sulfonamides is 1. The van der Waals surface area contributed by atoms with Gasteiger partial charge in [0.05, 0.1) is 11.4 Å². The quantitative estimate of drug-likeness (QED) is 0.457. The van der Waals surface area contributed by atoms with Gasteiger partial charge < -0.3 is 4.57 Å². The van der Waals surface area contributed by atoms with E-state index in [1.807, 2.05) is 61.0 Å². The second kappa shape index (κ2) is 7.32. The Bertz CT molecular complexity index is 1380. The van der Waals surface area contributed by atoms with E-state index in [-0.39, 0.29) is 23.2 Å². The van der Waals surface area contributed by atoms with E-state index in [2.05, 4.69) is 0 Å². The lowest BCUT2D eigenvalue weighted by atomic mass is 9.87. The Morgan fingerprint density at radius 3 is 2.39 bits per heavy atom. The van der Waals surface area contributed by atoms with Gasteiger partial charge in [-0.1, -0.05) is 48.0 Å². The first-order valence-corrected chi connectivity index (χ1v) is 11.7. The van der Waals surface area contributed by atoms with Gasteiger partial charge in [-0.3, -0.25) is 0 Å². The van der Waals surface area contributed by atoms with Crippen molar-refractivity contribution in [2.75, 3.05) is 6.54 Å². The molecule has 158 valence electrons. The van der Waals surface area contributed by atoms with Crippen molar-refractivity contribution >= 4 is 20.9 Å². The number of hydrogen-bond acceptors (Lipinski definition) is 2. The summed E-state index contributed by atoms with van der Waals surface area (Å²) < 4.78 is 44.7. The van der Waals surface area contributed by atoms with Crippen molar-refractivity contribution in [1.82, 2.24) is 8.87 Å². The minimum atomic E-state index is -3.68. The van der Waals surface area contributed by atoms with Crippen LogP contribution in [0.1, 0.15) is 28.3 Å². The molecule has 5 rings (SSSR count). The summed E-state index contributed by atoms with van der Waals surface area (Å²) in [5.74, 6) is -0.474. The first kappa shape index (κ1) is 20.0. The first-order valence-electron chi connectivity index (χ1n) is 10.2. The molecule has 1 aromatic heterocycles. The highest BCUT2D eigenvalue weighted by Gasteiger charge is 2.37. The molecule has 0 bridgehead atoms. The van der Waals surface area contributed by atoms with Crippen LogP contribution in [0, 0.1) is 12.7 Å². The summed E-state index contributed by atoms with van der Waals surface area (Å²) in [6, 6.07) is 21.6. The molecule has 31 heavy (non-hydrogen) atoms. The maximum absolute atomic E-state index is 14.1. The summed E-state index contributed by atoms with van der Waals surface area (Å²) in [6.45, 7) is 2.49. The number of nitrogens with zero attached hydrogens (tertiary/aromatic N) is 2. The Kier molecular flexibility index (Phi) is 4.72. The van der Waals surface area contributed by atoms with Gasteiger partial charge in [-0.05, 0) is 48.4 Å². The molecule has 1 aliphatic heterocycles. The summed E-state index contributed by atoms with van der Waals surface area (Å²) >= 11 is 0. The maximum atomic E-state index is 14.1. The molecular formula is C25H23FN2O2S. The largest absolute Gasteiger partial charge is 0.346 e. The van der Waals surface area contributed by atoms with Crippen LogP contribution in [0.5, 0.6) is 0 Å². The van der Waals surface area contributed by atoms with Gasteiger partial charge >= 0.3 is 0 Å². The minimum Gasteiger partial charge on any atom is -0.346 e. The Balaban J connectivity index is 1.70. The van der Waals surface area contributed by atoms with Crippen molar-refractivity contribution in [3.05, 3.63) is 101 Å². The number of halogens is 1. The van der Waals surface area contributed by atoms with Crippen molar-refractivity contribution in [2.24, 2.45) is 7.05 Å². The average molecular weight is 435 g/mol. The van der Waals surface area contributed by atoms with E-state index in [4.69, 9.17) is 0 Å². The lowest BCUT2D eigenvalue weighted by Crippen LogP contribution is -2.39. The van der Waals surface area contributed by atoms with E-state index in [1.165, 1.54) is 6.07 Å². The lowest BCUT2D eigenvalue weighted by molar-refractivity contribution is 0.364. The fourth-order valence-corrected chi connectivity index (χ4v) is 6.02. The Morgan fingerprint density at radius 2 is 1.68 bits per heavy atom. The average Bonchev–Trinajstić information content (AvgIpc) is 3.05. The third-order valence-electron chi connectivity index (χ3n) is 6.25. The molecule has 4 aromatic rings. The van der Waals surface area contributed by atoms with Gasteiger partial charge in [-0.2, -0.15) is 4.31 Å². The molecule has 0 saturated heterocycles. The molecule has 0 amide bonds. The molecule has 6 heteroatoms. The summed E-state index contributed by atoms with van der Waals surface area (Å²) in [6.07, 6.45) is 0. The van der Waals surface area contributed by atoms with Crippen LogP contribution in [0.25, 0.3) is 10.9 Å². The molecule has 0 unspecified atom stereocenters. The highest BCUT2D eigenvalue weighted by molar-refractivity contribution is 7.89. The zero-order valence-corrected chi connectivity index (χ0v) is 18.2. The van der Waals surface area contributed by atoms with Gasteiger partial charge in [-0.15, -0.1) is 0 Å². The van der Waals surface area contributed by atoms with E-state index in [0.717, 1.165) is 33.3 Å². The van der Waals surface area contributed by atoms with Gasteiger partial charge in [0.1, 0.15) is 5.82 Å². The predicted molar refractivity (Wildman–Crippen MR) is 120 cm³/mol. The Hall–Kier alpha value is -2.96. The van der Waals surface area contributed by atoms with Crippen LogP contribution >= 0.6 is 0 Å². The van der Waals surface area contributed by atoms with Crippen molar-refractivity contribution in [3.8, 4) is 0 Å². The summed E-state index contributed by atoms with van der Waals surface area (Å²) in [4.78, 5) is 0.290. The van der Waals surface area contributed by atoms with Gasteiger partial charge in [0, 0.05) is 36.1 Å². The van der Waals surface area contributed by atoms with Crippen LogP contribution in [0.4, 0.5) is 4.39 Å². The molecular weight excluding hydrogens is 411 g/mol. The van der Waals surface area contributed by atoms with Crippen LogP contribution in [0.2, 0.25) is 0 Å². The molecule has 0 saturated carbocycles. The van der Waals surface area contributed by atoms with Gasteiger partial charge in [0.2, 0.25) is 10.0 Å². The standard InChI is InChI=1S/C25H23FN2O2S/c1-17-8-11-20(12-9-17)31(29,30)28-15-22(18-6-4-3-5-7-18)25-21-14-19(26)10-13-23(21)27(2)24(25)16-28/h3-14,22H,15-16H2,1-2H3/t22-/m1/s1. The molecule has 1 aliphatic rings. The van der Waals surface area contributed by atoms with Crippen molar-refractivity contribution in [2.45, 2.75) is 24.3 Å². The molecule has 0 fully saturated rings. The normalized spacial score (nSPS) is 17.1. The zero-order chi connectivity index (χ0) is 21.8. The van der Waals surface area contributed by atoms with Crippen molar-refractivity contribution < 1.29 is 12.8 Å². The lowest BCUT2D eigenvalue weighted by Gasteiger charge is -2.33. The topological polar surface area (TPSA) is 42.3 Å². The zero-order valence-electron chi connectivity index (χ0n) is 17.4. The van der Waals surface area contributed by atoms with Crippen molar-refractivity contribution in [1.29, 1.82) is 0 Å². The van der Waals surface area contributed by atoms with Crippen LogP contribution in [-0.2, 0) is 23.6 Å². The molecule has 0 aliphatic carbocycles. The molecule has 0 spiro atoms. The Labute approximate surface area is 181 Å². The molecule has 0 N–H and O–H groups in total. The minimum absolute atomic E-state index is 0.185. The predicted octanol–water partition coefficient (Wildman–Crippen LogP) is 4.96. The van der Waals surface area contributed by atoms with Crippen LogP contribution < -0.4 is 0 Å². The van der Waals surface area contributed by atoms with Crippen LogP contribution in [-0.4, -0.2) is 23.8 Å². The maximum Gasteiger partial charge on any atom is 0.243 e. The molecule has 0 radical (unpaired) electrons. The highest BCUT2D eigenvalue weighted by atomic mass is 32.2. The van der Waals surface area contributed by atoms with Gasteiger partial charge in [0.15, 0.2) is 0 Å². The third-order valence-corrected chi connectivity index (χ3v) is 8.07. The Morgan fingerprint density at radius 1 is 0.968 bits per heavy atom. The van der Waals surface area contributed by atoms with E-state index in [0.29, 0.717) is 6.54 Å². The fourth-order valence-electron chi connectivity index (χ4n) is 4.60. The summed E-state index contributed by atoms with van der Waals surface area (Å²) in [7, 11) is -1.76. The van der Waals surface area contributed by atoms with Gasteiger partial charge in [0.25, 0.3) is 0 Å². The van der Waals surface area contributed by atoms with E-state index < -0.39 is 10.0 Å². The summed E-state index contributed by atoms with van der Waals surface area (Å²) in [5.41, 5.74) is 4.85. The van der Waals surface area contributed by atoms with E-state index in [1.54, 1.807) is 28.6 Å². The number of rotatable bonds is 3. The SMILES string of the molecule is Cc1ccc(S(=O)(=O)N2Cc3c(c4cc(F)ccc4n3C)[C@@H](c3ccccc3)C2)cc1. The van der Waals surface area contributed by atoms with Crippen LogP contribution in [0.3, 0.4) is 0 Å². The monoisotopic (exact) mass is 434 g/mol. The summed E-state index contributed by atoms with van der Waals surface area (Å²) in [5, 5.41) is 0.846. The number of benzene rings is 3. The van der Waals surface area contributed by atoms with Gasteiger partial charge in [-0.25, -0.2) is 12.8 Å². The molecule has 3 aromatic carbocycles. The highest BCUT2D eigenvalue weighted by Crippen LogP contribution is 2.41. The third kappa shape index (κ3) is 3.27. The van der Waals surface area contributed by atoms with Crippen LogP contribution in [0.15, 0.2) is 77.7 Å². The van der Waals surface area contributed by atoms with Crippen molar-refractivity contribution in [3.63, 3.8) is 0 Å². The smallest absolute Gasteiger partial charge is 0.243 e. The first-order chi connectivity index (χ1) is 14.9. The fraction of sp³-hybridized carbons (Fsp3) is 0.200. The second-order valence-electron chi connectivity index (χ2n) is 8.15. The number of hydrogen-bond donors (Lipinski definition) is 0. The van der Waals surface area contributed by atoms with E-state index >= 15 is 0 Å². The number of fused-ring (bicyclic) bond motifs is 3. The molecule has 4 nitrogen and oxygen atoms in total. The van der Waals surface area contributed by atoms with E-state index in [9.17, 15) is 12.8 Å².